The van der Waals surface area contributed by atoms with Gasteiger partial charge in [-0.25, -0.2) is 0 Å². The Labute approximate surface area is 158 Å². The van der Waals surface area contributed by atoms with Gasteiger partial charge in [0, 0.05) is 0 Å². The summed E-state index contributed by atoms with van der Waals surface area (Å²) in [5, 5.41) is 10.1. The van der Waals surface area contributed by atoms with E-state index in [-0.39, 0.29) is 0 Å². The Hall–Kier alpha value is -2.60. The molecule has 3 rings (SSSR count). The summed E-state index contributed by atoms with van der Waals surface area (Å²) in [6.07, 6.45) is 4.77. The third-order valence-corrected chi connectivity index (χ3v) is 4.76. The van der Waals surface area contributed by atoms with Crippen LogP contribution in [0.1, 0.15) is 32.6 Å². The molecule has 2 aromatic carbocycles. The molecule has 3 aromatic rings. The van der Waals surface area contributed by atoms with Crippen LogP contribution in [0.25, 0.3) is 10.6 Å². The predicted octanol–water partition coefficient (Wildman–Crippen LogP) is 5.60. The standard InChI is InChI=1S/C20H24N4OS/c1-2-3-4-10-15-25-18-14-9-8-13-17(18)19-22-24-20(26-19)23-21-16-11-6-5-7-12-16/h5-9,11-14,21H,2-4,10,15H2,1H3,(H,23,24). The molecule has 0 radical (unpaired) electrons. The number of benzene rings is 2. The van der Waals surface area contributed by atoms with Crippen LogP contribution in [-0.4, -0.2) is 16.8 Å². The molecule has 5 nitrogen and oxygen atoms in total. The Balaban J connectivity index is 1.61. The highest BCUT2D eigenvalue weighted by molar-refractivity contribution is 7.18. The molecule has 0 atom stereocenters. The molecule has 0 unspecified atom stereocenters. The van der Waals surface area contributed by atoms with Gasteiger partial charge in [0.15, 0.2) is 5.01 Å². The van der Waals surface area contributed by atoms with E-state index in [4.69, 9.17) is 4.74 Å². The van der Waals surface area contributed by atoms with Gasteiger partial charge < -0.3 is 4.74 Å². The Morgan fingerprint density at radius 3 is 2.54 bits per heavy atom. The first-order valence-electron chi connectivity index (χ1n) is 8.99. The van der Waals surface area contributed by atoms with Crippen molar-refractivity contribution in [3.05, 3.63) is 54.6 Å². The first kappa shape index (κ1) is 18.2. The van der Waals surface area contributed by atoms with E-state index in [0.29, 0.717) is 5.13 Å². The van der Waals surface area contributed by atoms with E-state index in [9.17, 15) is 0 Å². The first-order valence-corrected chi connectivity index (χ1v) is 9.81. The molecule has 0 amide bonds. The number of para-hydroxylation sites is 2. The van der Waals surface area contributed by atoms with Gasteiger partial charge in [-0.3, -0.25) is 10.9 Å². The molecular weight excluding hydrogens is 344 g/mol. The highest BCUT2D eigenvalue weighted by Gasteiger charge is 2.11. The van der Waals surface area contributed by atoms with Crippen LogP contribution in [-0.2, 0) is 0 Å². The highest BCUT2D eigenvalue weighted by Crippen LogP contribution is 2.33. The zero-order valence-corrected chi connectivity index (χ0v) is 15.8. The number of anilines is 2. The Morgan fingerprint density at radius 1 is 0.885 bits per heavy atom. The highest BCUT2D eigenvalue weighted by atomic mass is 32.1. The molecule has 26 heavy (non-hydrogen) atoms. The number of ether oxygens (including phenoxy) is 1. The number of nitrogens with zero attached hydrogens (tertiary/aromatic N) is 2. The number of rotatable bonds is 10. The normalized spacial score (nSPS) is 10.5. The summed E-state index contributed by atoms with van der Waals surface area (Å²) in [6, 6.07) is 17.9. The lowest BCUT2D eigenvalue weighted by atomic mass is 10.2. The van der Waals surface area contributed by atoms with Crippen molar-refractivity contribution in [1.82, 2.24) is 10.2 Å². The first-order chi connectivity index (χ1) is 12.9. The lowest BCUT2D eigenvalue weighted by molar-refractivity contribution is 0.306. The number of nitrogens with one attached hydrogen (secondary N) is 2. The summed E-state index contributed by atoms with van der Waals surface area (Å²) in [5.41, 5.74) is 8.16. The maximum Gasteiger partial charge on any atom is 0.224 e. The van der Waals surface area contributed by atoms with Gasteiger partial charge in [0.1, 0.15) is 5.75 Å². The third-order valence-electron chi connectivity index (χ3n) is 3.89. The fraction of sp³-hybridized carbons (Fsp3) is 0.300. The largest absolute Gasteiger partial charge is 0.493 e. The molecule has 2 N–H and O–H groups in total. The van der Waals surface area contributed by atoms with E-state index in [0.717, 1.165) is 35.0 Å². The smallest absolute Gasteiger partial charge is 0.224 e. The molecule has 1 heterocycles. The summed E-state index contributed by atoms with van der Waals surface area (Å²) >= 11 is 1.49. The molecule has 0 fully saturated rings. The number of hydrazine groups is 1. The minimum Gasteiger partial charge on any atom is -0.493 e. The monoisotopic (exact) mass is 368 g/mol. The van der Waals surface area contributed by atoms with E-state index < -0.39 is 0 Å². The minimum atomic E-state index is 0.710. The van der Waals surface area contributed by atoms with Crippen molar-refractivity contribution in [3.63, 3.8) is 0 Å². The summed E-state index contributed by atoms with van der Waals surface area (Å²) in [4.78, 5) is 0. The zero-order valence-electron chi connectivity index (χ0n) is 14.9. The number of hydrogen-bond acceptors (Lipinski definition) is 6. The summed E-state index contributed by atoms with van der Waals surface area (Å²) in [6.45, 7) is 2.94. The second-order valence-electron chi connectivity index (χ2n) is 5.93. The van der Waals surface area contributed by atoms with Crippen molar-refractivity contribution >= 4 is 22.2 Å². The minimum absolute atomic E-state index is 0.710. The van der Waals surface area contributed by atoms with E-state index in [1.807, 2.05) is 54.6 Å². The summed E-state index contributed by atoms with van der Waals surface area (Å²) in [7, 11) is 0. The van der Waals surface area contributed by atoms with Crippen LogP contribution in [0, 0.1) is 0 Å². The van der Waals surface area contributed by atoms with Crippen LogP contribution >= 0.6 is 11.3 Å². The molecule has 0 spiro atoms. The van der Waals surface area contributed by atoms with Crippen molar-refractivity contribution in [2.24, 2.45) is 0 Å². The molecule has 0 saturated heterocycles. The maximum absolute atomic E-state index is 5.98. The number of unbranched alkanes of at least 4 members (excludes halogenated alkanes) is 3. The van der Waals surface area contributed by atoms with Gasteiger partial charge in [0.05, 0.1) is 17.9 Å². The van der Waals surface area contributed by atoms with Crippen LogP contribution in [0.4, 0.5) is 10.8 Å². The van der Waals surface area contributed by atoms with Crippen molar-refractivity contribution in [3.8, 4) is 16.3 Å². The molecule has 0 aliphatic heterocycles. The fourth-order valence-corrected chi connectivity index (χ4v) is 3.24. The van der Waals surface area contributed by atoms with E-state index in [1.165, 1.54) is 30.6 Å². The van der Waals surface area contributed by atoms with E-state index in [1.54, 1.807) is 0 Å². The van der Waals surface area contributed by atoms with E-state index >= 15 is 0 Å². The van der Waals surface area contributed by atoms with Crippen molar-refractivity contribution in [2.75, 3.05) is 17.5 Å². The van der Waals surface area contributed by atoms with Crippen LogP contribution in [0.5, 0.6) is 5.75 Å². The molecule has 136 valence electrons. The second-order valence-corrected chi connectivity index (χ2v) is 6.91. The SMILES string of the molecule is CCCCCCOc1ccccc1-c1nnc(NNc2ccccc2)s1. The van der Waals surface area contributed by atoms with Crippen molar-refractivity contribution in [1.29, 1.82) is 0 Å². The molecule has 0 saturated carbocycles. The average molecular weight is 369 g/mol. The third kappa shape index (κ3) is 5.20. The van der Waals surface area contributed by atoms with Crippen LogP contribution in [0.3, 0.4) is 0 Å². The molecule has 6 heteroatoms. The topological polar surface area (TPSA) is 59.1 Å². The molecule has 0 aliphatic carbocycles. The Bertz CT molecular complexity index is 791. The average Bonchev–Trinajstić information content (AvgIpc) is 3.16. The number of aromatic nitrogens is 2. The second kappa shape index (κ2) is 9.77. The van der Waals surface area contributed by atoms with Gasteiger partial charge in [-0.2, -0.15) is 0 Å². The number of hydrogen-bond donors (Lipinski definition) is 2. The lowest BCUT2D eigenvalue weighted by Crippen LogP contribution is -2.07. The van der Waals surface area contributed by atoms with Crippen molar-refractivity contribution in [2.45, 2.75) is 32.6 Å². The van der Waals surface area contributed by atoms with Crippen LogP contribution in [0.15, 0.2) is 54.6 Å². The Morgan fingerprint density at radius 2 is 1.69 bits per heavy atom. The fourth-order valence-electron chi connectivity index (χ4n) is 2.51. The van der Waals surface area contributed by atoms with E-state index in [2.05, 4.69) is 28.0 Å². The van der Waals surface area contributed by atoms with Crippen LogP contribution in [0.2, 0.25) is 0 Å². The van der Waals surface area contributed by atoms with Gasteiger partial charge in [0.25, 0.3) is 0 Å². The zero-order chi connectivity index (χ0) is 18.0. The molecular formula is C20H24N4OS. The maximum atomic E-state index is 5.98. The van der Waals surface area contributed by atoms with Gasteiger partial charge >= 0.3 is 0 Å². The quantitative estimate of drug-likeness (QED) is 0.360. The van der Waals surface area contributed by atoms with Gasteiger partial charge in [0.2, 0.25) is 5.13 Å². The summed E-state index contributed by atoms with van der Waals surface area (Å²) < 4.78 is 5.98. The van der Waals surface area contributed by atoms with Crippen molar-refractivity contribution < 1.29 is 4.74 Å². The van der Waals surface area contributed by atoms with Gasteiger partial charge in [-0.1, -0.05) is 67.9 Å². The lowest BCUT2D eigenvalue weighted by Gasteiger charge is -2.09. The van der Waals surface area contributed by atoms with Gasteiger partial charge in [-0.15, -0.1) is 10.2 Å². The molecule has 0 bridgehead atoms. The molecule has 0 aliphatic rings. The molecule has 1 aromatic heterocycles. The summed E-state index contributed by atoms with van der Waals surface area (Å²) in [5.74, 6) is 0.864. The van der Waals surface area contributed by atoms with Crippen LogP contribution < -0.4 is 15.6 Å². The van der Waals surface area contributed by atoms with Gasteiger partial charge in [-0.05, 0) is 30.7 Å². The Kier molecular flexibility index (Phi) is 6.84. The predicted molar refractivity (Wildman–Crippen MR) is 109 cm³/mol.